The van der Waals surface area contributed by atoms with Gasteiger partial charge in [0.1, 0.15) is 22.5 Å². The first-order valence-corrected chi connectivity index (χ1v) is 13.1. The van der Waals surface area contributed by atoms with Crippen LogP contribution in [0.2, 0.25) is 5.02 Å². The van der Waals surface area contributed by atoms with Gasteiger partial charge in [-0.05, 0) is 80.3 Å². The molecular formula is C24H32BrCl2N7O. The summed E-state index contributed by atoms with van der Waals surface area (Å²) in [6, 6.07) is 4.02. The van der Waals surface area contributed by atoms with Crippen molar-refractivity contribution in [2.45, 2.75) is 26.2 Å². The van der Waals surface area contributed by atoms with Gasteiger partial charge in [0.15, 0.2) is 5.65 Å². The number of ether oxygens (including phenoxy) is 1. The number of nitrogens with zero attached hydrogens (tertiary/aromatic N) is 6. The quantitative estimate of drug-likeness (QED) is 0.440. The van der Waals surface area contributed by atoms with Gasteiger partial charge in [-0.3, -0.25) is 5.10 Å². The number of H-pyrrole nitrogens is 1. The molecule has 11 heteroatoms. The van der Waals surface area contributed by atoms with Gasteiger partial charge in [-0.25, -0.2) is 9.97 Å². The highest BCUT2D eigenvalue weighted by Gasteiger charge is 2.24. The maximum Gasteiger partial charge on any atom is 0.161 e. The van der Waals surface area contributed by atoms with Crippen molar-refractivity contribution in [3.8, 4) is 5.75 Å². The topological polar surface area (TPSA) is 73.4 Å². The summed E-state index contributed by atoms with van der Waals surface area (Å²) in [6.07, 6.45) is 5.21. The molecule has 1 aromatic carbocycles. The zero-order chi connectivity index (χ0) is 23.7. The Labute approximate surface area is 225 Å². The molecule has 0 unspecified atom stereocenters. The molecule has 190 valence electrons. The lowest BCUT2D eigenvalue weighted by Crippen LogP contribution is -2.47. The maximum atomic E-state index is 6.52. The van der Waals surface area contributed by atoms with Crippen LogP contribution in [0.5, 0.6) is 5.75 Å². The average molecular weight is 585 g/mol. The zero-order valence-electron chi connectivity index (χ0n) is 20.1. The van der Waals surface area contributed by atoms with Crippen molar-refractivity contribution < 1.29 is 4.74 Å². The number of nitrogens with one attached hydrogen (secondary N) is 1. The van der Waals surface area contributed by atoms with Crippen molar-refractivity contribution in [3.05, 3.63) is 33.6 Å². The maximum absolute atomic E-state index is 6.52. The minimum Gasteiger partial charge on any atom is -0.493 e. The molecule has 8 nitrogen and oxygen atoms in total. The molecule has 3 aromatic rings. The molecule has 2 fully saturated rings. The fourth-order valence-electron chi connectivity index (χ4n) is 5.01. The SMILES string of the molecule is Cc1c(OCCC2CCN(C)CC2)cc(Cl)cc1N1CCN(c2ncnc3[nH]nc(Br)c23)CC1.Cl. The third-order valence-corrected chi connectivity index (χ3v) is 7.92. The van der Waals surface area contributed by atoms with E-state index in [1.807, 2.05) is 6.07 Å². The molecule has 2 aliphatic heterocycles. The number of rotatable bonds is 6. The molecule has 0 aliphatic carbocycles. The minimum absolute atomic E-state index is 0. The van der Waals surface area contributed by atoms with Crippen LogP contribution in [0.25, 0.3) is 11.0 Å². The monoisotopic (exact) mass is 583 g/mol. The highest BCUT2D eigenvalue weighted by atomic mass is 79.9. The van der Waals surface area contributed by atoms with E-state index >= 15 is 0 Å². The summed E-state index contributed by atoms with van der Waals surface area (Å²) in [6.45, 7) is 8.70. The van der Waals surface area contributed by atoms with Gasteiger partial charge in [-0.1, -0.05) is 11.6 Å². The molecule has 1 N–H and O–H groups in total. The average Bonchev–Trinajstić information content (AvgIpc) is 3.23. The van der Waals surface area contributed by atoms with E-state index < -0.39 is 0 Å². The van der Waals surface area contributed by atoms with Gasteiger partial charge in [0.05, 0.1) is 12.0 Å². The summed E-state index contributed by atoms with van der Waals surface area (Å²) < 4.78 is 7.00. The van der Waals surface area contributed by atoms with E-state index in [1.165, 1.54) is 25.9 Å². The lowest BCUT2D eigenvalue weighted by molar-refractivity contribution is 0.187. The number of likely N-dealkylation sites (tertiary alicyclic amines) is 1. The fourth-order valence-corrected chi connectivity index (χ4v) is 5.67. The number of aromatic nitrogens is 4. The summed E-state index contributed by atoms with van der Waals surface area (Å²) >= 11 is 10.0. The van der Waals surface area contributed by atoms with Crippen LogP contribution in [0.3, 0.4) is 0 Å². The molecule has 2 aromatic heterocycles. The van der Waals surface area contributed by atoms with Crippen molar-refractivity contribution in [1.82, 2.24) is 25.1 Å². The summed E-state index contributed by atoms with van der Waals surface area (Å²) in [4.78, 5) is 15.9. The fraction of sp³-hybridized carbons (Fsp3) is 0.542. The summed E-state index contributed by atoms with van der Waals surface area (Å²) in [5, 5.41) is 8.81. The predicted molar refractivity (Wildman–Crippen MR) is 148 cm³/mol. The van der Waals surface area contributed by atoms with E-state index in [-0.39, 0.29) is 12.4 Å². The Morgan fingerprint density at radius 3 is 2.54 bits per heavy atom. The van der Waals surface area contributed by atoms with Gasteiger partial charge in [-0.2, -0.15) is 5.10 Å². The first-order chi connectivity index (χ1) is 16.5. The van der Waals surface area contributed by atoms with Crippen molar-refractivity contribution >= 4 is 62.5 Å². The number of benzene rings is 1. The van der Waals surface area contributed by atoms with Crippen LogP contribution in [0.15, 0.2) is 23.1 Å². The van der Waals surface area contributed by atoms with Crippen LogP contribution in [-0.4, -0.2) is 78.0 Å². The molecule has 0 atom stereocenters. The summed E-state index contributed by atoms with van der Waals surface area (Å²) in [5.41, 5.74) is 3.05. The number of halogens is 3. The molecule has 4 heterocycles. The Kier molecular flexibility index (Phi) is 8.63. The number of anilines is 2. The van der Waals surface area contributed by atoms with E-state index in [0.29, 0.717) is 0 Å². The van der Waals surface area contributed by atoms with Crippen LogP contribution in [0.1, 0.15) is 24.8 Å². The third kappa shape index (κ3) is 5.79. The smallest absolute Gasteiger partial charge is 0.161 e. The number of piperazine rings is 1. The summed E-state index contributed by atoms with van der Waals surface area (Å²) in [7, 11) is 2.20. The van der Waals surface area contributed by atoms with Crippen LogP contribution >= 0.6 is 39.9 Å². The molecular weight excluding hydrogens is 553 g/mol. The van der Waals surface area contributed by atoms with Gasteiger partial charge >= 0.3 is 0 Å². The molecule has 0 amide bonds. The van der Waals surface area contributed by atoms with E-state index in [9.17, 15) is 0 Å². The van der Waals surface area contributed by atoms with E-state index in [4.69, 9.17) is 16.3 Å². The second-order valence-corrected chi connectivity index (χ2v) is 10.5. The molecule has 0 saturated carbocycles. The van der Waals surface area contributed by atoms with Crippen molar-refractivity contribution in [1.29, 1.82) is 0 Å². The lowest BCUT2D eigenvalue weighted by Gasteiger charge is -2.37. The van der Waals surface area contributed by atoms with Gasteiger partial charge < -0.3 is 19.4 Å². The van der Waals surface area contributed by atoms with E-state index in [1.54, 1.807) is 6.33 Å². The highest BCUT2D eigenvalue weighted by Crippen LogP contribution is 2.35. The molecule has 2 saturated heterocycles. The Morgan fingerprint density at radius 2 is 1.80 bits per heavy atom. The standard InChI is InChI=1S/C24H31BrClN7O.ClH/c1-16-19(13-18(26)14-20(16)34-12-5-17-3-6-31(2)7-4-17)32-8-10-33(11-9-32)24-21-22(25)29-30-23(21)27-15-28-24;/h13-15,17H,3-12H2,1-2H3,(H,27,28,29,30);1H. The van der Waals surface area contributed by atoms with Crippen LogP contribution < -0.4 is 14.5 Å². The van der Waals surface area contributed by atoms with Gasteiger partial charge in [0.2, 0.25) is 0 Å². The van der Waals surface area contributed by atoms with Crippen molar-refractivity contribution in [3.63, 3.8) is 0 Å². The van der Waals surface area contributed by atoms with Crippen molar-refractivity contribution in [2.75, 3.05) is 62.7 Å². The van der Waals surface area contributed by atoms with E-state index in [0.717, 1.165) is 88.6 Å². The summed E-state index contributed by atoms with van der Waals surface area (Å²) in [5.74, 6) is 2.57. The molecule has 35 heavy (non-hydrogen) atoms. The van der Waals surface area contributed by atoms with Crippen LogP contribution in [-0.2, 0) is 0 Å². The number of piperidine rings is 1. The largest absolute Gasteiger partial charge is 0.493 e. The minimum atomic E-state index is 0. The van der Waals surface area contributed by atoms with Crippen LogP contribution in [0.4, 0.5) is 11.5 Å². The Hall–Kier alpha value is -1.81. The lowest BCUT2D eigenvalue weighted by atomic mass is 9.94. The van der Waals surface area contributed by atoms with E-state index in [2.05, 4.69) is 70.8 Å². The first kappa shape index (κ1) is 26.3. The molecule has 5 rings (SSSR count). The third-order valence-electron chi connectivity index (χ3n) is 7.13. The Morgan fingerprint density at radius 1 is 1.09 bits per heavy atom. The number of hydrogen-bond acceptors (Lipinski definition) is 7. The molecule has 2 aliphatic rings. The van der Waals surface area contributed by atoms with Crippen molar-refractivity contribution in [2.24, 2.45) is 5.92 Å². The Balaban J connectivity index is 0.00000289. The first-order valence-electron chi connectivity index (χ1n) is 12.0. The van der Waals surface area contributed by atoms with Crippen LogP contribution in [0, 0.1) is 12.8 Å². The molecule has 0 spiro atoms. The zero-order valence-corrected chi connectivity index (χ0v) is 23.3. The predicted octanol–water partition coefficient (Wildman–Crippen LogP) is 4.94. The Bertz CT molecular complexity index is 1140. The van der Waals surface area contributed by atoms with Gasteiger partial charge in [0, 0.05) is 42.5 Å². The molecule has 0 bridgehead atoms. The highest BCUT2D eigenvalue weighted by molar-refractivity contribution is 9.10. The normalized spacial score (nSPS) is 17.6. The second kappa shape index (κ2) is 11.5. The number of aromatic amines is 1. The second-order valence-electron chi connectivity index (χ2n) is 9.34. The number of hydrogen-bond donors (Lipinski definition) is 1. The van der Waals surface area contributed by atoms with Gasteiger partial charge in [0.25, 0.3) is 0 Å². The number of fused-ring (bicyclic) bond motifs is 1. The van der Waals surface area contributed by atoms with Gasteiger partial charge in [-0.15, -0.1) is 12.4 Å². The molecule has 0 radical (unpaired) electrons.